The van der Waals surface area contributed by atoms with Crippen LogP contribution in [0.15, 0.2) is 77.0 Å². The van der Waals surface area contributed by atoms with Crippen molar-refractivity contribution in [1.82, 2.24) is 0 Å². The van der Waals surface area contributed by atoms with E-state index in [9.17, 15) is 9.18 Å². The molecule has 33 heavy (non-hydrogen) atoms. The van der Waals surface area contributed by atoms with E-state index in [2.05, 4.69) is 17.3 Å². The minimum Gasteiger partial charge on any atom is -0.379 e. The van der Waals surface area contributed by atoms with Crippen molar-refractivity contribution in [2.24, 2.45) is 16.0 Å². The van der Waals surface area contributed by atoms with Gasteiger partial charge in [0.25, 0.3) is 0 Å². The predicted octanol–water partition coefficient (Wildman–Crippen LogP) is 6.92. The number of benzene rings is 2. The van der Waals surface area contributed by atoms with Gasteiger partial charge in [0.15, 0.2) is 11.4 Å². The van der Waals surface area contributed by atoms with Crippen molar-refractivity contribution in [3.63, 3.8) is 0 Å². The summed E-state index contributed by atoms with van der Waals surface area (Å²) in [4.78, 5) is 19.8. The van der Waals surface area contributed by atoms with Gasteiger partial charge in [0.05, 0.1) is 11.6 Å². The molecule has 1 aliphatic heterocycles. The van der Waals surface area contributed by atoms with Crippen LogP contribution in [0.2, 0.25) is 0 Å². The third kappa shape index (κ3) is 4.07. The van der Waals surface area contributed by atoms with Crippen molar-refractivity contribution >= 4 is 11.5 Å². The number of hydrogen-bond donors (Lipinski definition) is 0. The monoisotopic (exact) mass is 445 g/mol. The standard InChI is InChI=1S/C29H32FNO2/c1-18-15-20(13-14-23(18)30)25-24(19-11-9-8-10-12-19)29(33-31-25)16-21(27(2,3)4)26(32)22(17-29)28(5,6)7/h8-17,24H,1-7H3. The first-order valence-electron chi connectivity index (χ1n) is 11.4. The fourth-order valence-electron chi connectivity index (χ4n) is 4.64. The Balaban J connectivity index is 1.97. The van der Waals surface area contributed by atoms with E-state index in [0.717, 1.165) is 28.0 Å². The highest BCUT2D eigenvalue weighted by atomic mass is 19.1. The maximum atomic E-state index is 14.0. The summed E-state index contributed by atoms with van der Waals surface area (Å²) < 4.78 is 14.0. The second kappa shape index (κ2) is 7.79. The molecule has 1 unspecified atom stereocenters. The molecule has 1 spiro atoms. The van der Waals surface area contributed by atoms with E-state index < -0.39 is 5.60 Å². The zero-order valence-corrected chi connectivity index (χ0v) is 20.5. The molecule has 1 atom stereocenters. The molecule has 2 aromatic carbocycles. The predicted molar refractivity (Wildman–Crippen MR) is 131 cm³/mol. The van der Waals surface area contributed by atoms with Crippen molar-refractivity contribution in [3.05, 3.63) is 94.3 Å². The van der Waals surface area contributed by atoms with E-state index in [1.807, 2.05) is 78.0 Å². The van der Waals surface area contributed by atoms with Crippen molar-refractivity contribution in [1.29, 1.82) is 0 Å². The number of ketones is 1. The van der Waals surface area contributed by atoms with Gasteiger partial charge in [-0.05, 0) is 53.2 Å². The molecule has 0 saturated carbocycles. The summed E-state index contributed by atoms with van der Waals surface area (Å²) in [6.45, 7) is 14.0. The Labute approximate surface area is 196 Å². The third-order valence-corrected chi connectivity index (χ3v) is 6.46. The lowest BCUT2D eigenvalue weighted by Gasteiger charge is -2.38. The highest BCUT2D eigenvalue weighted by Gasteiger charge is 2.52. The first-order chi connectivity index (χ1) is 15.3. The Morgan fingerprint density at radius 3 is 2.00 bits per heavy atom. The van der Waals surface area contributed by atoms with Crippen LogP contribution in [0.3, 0.4) is 0 Å². The van der Waals surface area contributed by atoms with Gasteiger partial charge in [-0.2, -0.15) is 0 Å². The smallest absolute Gasteiger partial charge is 0.187 e. The molecule has 0 fully saturated rings. The molecule has 4 rings (SSSR count). The summed E-state index contributed by atoms with van der Waals surface area (Å²) in [6, 6.07) is 15.1. The van der Waals surface area contributed by atoms with Gasteiger partial charge in [-0.15, -0.1) is 0 Å². The normalized spacial score (nSPS) is 20.3. The number of nitrogens with zero attached hydrogens (tertiary/aromatic N) is 1. The lowest BCUT2D eigenvalue weighted by atomic mass is 9.65. The molecule has 0 aromatic heterocycles. The van der Waals surface area contributed by atoms with E-state index in [1.165, 1.54) is 6.07 Å². The van der Waals surface area contributed by atoms with Crippen LogP contribution in [0.4, 0.5) is 4.39 Å². The summed E-state index contributed by atoms with van der Waals surface area (Å²) in [7, 11) is 0. The topological polar surface area (TPSA) is 38.7 Å². The average Bonchev–Trinajstić information content (AvgIpc) is 3.09. The Morgan fingerprint density at radius 2 is 1.48 bits per heavy atom. The molecule has 4 heteroatoms. The number of Topliss-reactive ketones (excluding diaryl/α,β-unsaturated/α-hetero) is 1. The number of aryl methyl sites for hydroxylation is 1. The van der Waals surface area contributed by atoms with Gasteiger partial charge in [-0.1, -0.05) is 83.1 Å². The molecular weight excluding hydrogens is 413 g/mol. The molecule has 2 aliphatic rings. The Hall–Kier alpha value is -3.01. The third-order valence-electron chi connectivity index (χ3n) is 6.46. The van der Waals surface area contributed by atoms with Crippen LogP contribution >= 0.6 is 0 Å². The molecular formula is C29H32FNO2. The van der Waals surface area contributed by atoms with Gasteiger partial charge >= 0.3 is 0 Å². The second-order valence-corrected chi connectivity index (χ2v) is 11.2. The van der Waals surface area contributed by atoms with E-state index in [4.69, 9.17) is 4.84 Å². The van der Waals surface area contributed by atoms with Gasteiger partial charge in [0.1, 0.15) is 5.82 Å². The SMILES string of the molecule is Cc1cc(C2=NOC3(C=C(C(C)(C)C)C(=O)C(C(C)(C)C)=C3)C2c2ccccc2)ccc1F. The molecule has 0 saturated heterocycles. The lowest BCUT2D eigenvalue weighted by Crippen LogP contribution is -2.41. The molecule has 0 amide bonds. The minimum atomic E-state index is -0.946. The lowest BCUT2D eigenvalue weighted by molar-refractivity contribution is -0.114. The van der Waals surface area contributed by atoms with Crippen LogP contribution in [0.1, 0.15) is 64.2 Å². The van der Waals surface area contributed by atoms with Crippen LogP contribution in [-0.4, -0.2) is 17.1 Å². The van der Waals surface area contributed by atoms with E-state index in [0.29, 0.717) is 5.56 Å². The number of halogens is 1. The van der Waals surface area contributed by atoms with Crippen molar-refractivity contribution < 1.29 is 14.0 Å². The molecule has 3 nitrogen and oxygen atoms in total. The highest BCUT2D eigenvalue weighted by molar-refractivity contribution is 6.13. The van der Waals surface area contributed by atoms with Gasteiger partial charge in [0.2, 0.25) is 0 Å². The zero-order valence-electron chi connectivity index (χ0n) is 20.5. The zero-order chi connectivity index (χ0) is 24.2. The number of carbonyl (C=O) groups is 1. The molecule has 172 valence electrons. The maximum Gasteiger partial charge on any atom is 0.187 e. The summed E-state index contributed by atoms with van der Waals surface area (Å²) in [5, 5.41) is 4.56. The van der Waals surface area contributed by atoms with Crippen LogP contribution in [0, 0.1) is 23.6 Å². The quantitative estimate of drug-likeness (QED) is 0.503. The molecule has 0 radical (unpaired) electrons. The van der Waals surface area contributed by atoms with Crippen molar-refractivity contribution in [3.8, 4) is 0 Å². The molecule has 1 aliphatic carbocycles. The van der Waals surface area contributed by atoms with Gasteiger partial charge in [-0.25, -0.2) is 4.39 Å². The molecule has 2 aromatic rings. The summed E-state index contributed by atoms with van der Waals surface area (Å²) in [5.41, 5.74) is 2.89. The average molecular weight is 446 g/mol. The van der Waals surface area contributed by atoms with Gasteiger partial charge in [-0.3, -0.25) is 4.79 Å². The number of hydrogen-bond acceptors (Lipinski definition) is 3. The fourth-order valence-corrected chi connectivity index (χ4v) is 4.64. The molecule has 0 bridgehead atoms. The van der Waals surface area contributed by atoms with E-state index >= 15 is 0 Å². The Kier molecular flexibility index (Phi) is 5.47. The first kappa shape index (κ1) is 23.2. The van der Waals surface area contributed by atoms with Crippen LogP contribution in [0.25, 0.3) is 0 Å². The summed E-state index contributed by atoms with van der Waals surface area (Å²) in [6.07, 6.45) is 3.93. The minimum absolute atomic E-state index is 0.0575. The number of oxime groups is 1. The molecule has 1 heterocycles. The summed E-state index contributed by atoms with van der Waals surface area (Å²) >= 11 is 0. The van der Waals surface area contributed by atoms with E-state index in [1.54, 1.807) is 13.0 Å². The first-order valence-corrected chi connectivity index (χ1v) is 11.4. The number of rotatable bonds is 2. The van der Waals surface area contributed by atoms with E-state index in [-0.39, 0.29) is 28.3 Å². The van der Waals surface area contributed by atoms with Crippen molar-refractivity contribution in [2.45, 2.75) is 60.0 Å². The molecule has 0 N–H and O–H groups in total. The Bertz CT molecular complexity index is 1160. The highest BCUT2D eigenvalue weighted by Crippen LogP contribution is 2.49. The van der Waals surface area contributed by atoms with Gasteiger partial charge in [0, 0.05) is 16.7 Å². The second-order valence-electron chi connectivity index (χ2n) is 11.2. The van der Waals surface area contributed by atoms with Crippen molar-refractivity contribution in [2.75, 3.05) is 0 Å². The van der Waals surface area contributed by atoms with Gasteiger partial charge < -0.3 is 4.84 Å². The fraction of sp³-hybridized carbons (Fsp3) is 0.379. The summed E-state index contributed by atoms with van der Waals surface area (Å²) in [5.74, 6) is -0.481. The Morgan fingerprint density at radius 1 is 0.909 bits per heavy atom. The van der Waals surface area contributed by atoms with Crippen LogP contribution < -0.4 is 0 Å². The van der Waals surface area contributed by atoms with Crippen LogP contribution in [0.5, 0.6) is 0 Å². The number of allylic oxidation sites excluding steroid dienone is 2. The van der Waals surface area contributed by atoms with Crippen LogP contribution in [-0.2, 0) is 9.63 Å². The number of carbonyl (C=O) groups excluding carboxylic acids is 1. The maximum absolute atomic E-state index is 14.0. The largest absolute Gasteiger partial charge is 0.379 e.